The number of aromatic nitrogens is 4. The molecule has 1 aliphatic heterocycles. The van der Waals surface area contributed by atoms with Gasteiger partial charge in [-0.1, -0.05) is 35.6 Å². The van der Waals surface area contributed by atoms with Crippen molar-refractivity contribution in [1.82, 2.24) is 19.7 Å². The van der Waals surface area contributed by atoms with Crippen LogP contribution in [-0.2, 0) is 24.2 Å². The summed E-state index contributed by atoms with van der Waals surface area (Å²) >= 11 is 1.43. The van der Waals surface area contributed by atoms with E-state index < -0.39 is 17.5 Å². The zero-order valence-corrected chi connectivity index (χ0v) is 29.4. The maximum atomic E-state index is 13.8. The Kier molecular flexibility index (Phi) is 8.92. The molecule has 3 aromatic heterocycles. The maximum Gasteiger partial charge on any atom is 0.358 e. The summed E-state index contributed by atoms with van der Waals surface area (Å²) in [6, 6.07) is 17.3. The number of thiazole rings is 1. The molecule has 1 fully saturated rings. The van der Waals surface area contributed by atoms with E-state index in [9.17, 15) is 18.4 Å². The number of pyridine rings is 1. The van der Waals surface area contributed by atoms with E-state index in [1.54, 1.807) is 6.20 Å². The molecule has 0 atom stereocenters. The molecular weight excluding hydrogens is 659 g/mol. The second kappa shape index (κ2) is 13.2. The number of hydrogen-bond acceptors (Lipinski definition) is 8. The van der Waals surface area contributed by atoms with Gasteiger partial charge in [-0.2, -0.15) is 5.10 Å². The standard InChI is InChI=1S/C38H40F2N6O3S/c1-23-28(20-41-46(23)21-24-14-17-38(39,40)18-15-24)26-12-13-32(43-33(26)35(48)49-37(2,3)4)45-19-16-25-8-7-9-27(29(25)22-45)34(47)44-36-42-30-10-5-6-11-31(30)50-36/h5-13,20,24H,14-19,21-22H2,1-4H3,(H,42,44,47). The van der Waals surface area contributed by atoms with Crippen molar-refractivity contribution in [2.24, 2.45) is 5.92 Å². The van der Waals surface area contributed by atoms with Crippen molar-refractivity contribution < 1.29 is 23.1 Å². The number of rotatable bonds is 7. The normalized spacial score (nSPS) is 16.3. The Hall–Kier alpha value is -4.71. The number of fused-ring (bicyclic) bond motifs is 2. The number of alkyl halides is 2. The third-order valence-corrected chi connectivity index (χ3v) is 10.4. The van der Waals surface area contributed by atoms with Crippen LogP contribution in [0.15, 0.2) is 60.8 Å². The summed E-state index contributed by atoms with van der Waals surface area (Å²) in [4.78, 5) is 38.8. The van der Waals surface area contributed by atoms with E-state index in [1.165, 1.54) is 11.3 Å². The van der Waals surface area contributed by atoms with Crippen LogP contribution in [0.1, 0.15) is 84.1 Å². The highest BCUT2D eigenvalue weighted by Gasteiger charge is 2.35. The SMILES string of the molecule is Cc1c(-c2ccc(N3CCc4cccc(C(=O)Nc5nc6ccccc6s5)c4C3)nc2C(=O)OC(C)(C)C)cnn1CC1CCC(F)(F)CC1. The minimum atomic E-state index is -2.59. The van der Waals surface area contributed by atoms with Crippen molar-refractivity contribution in [3.8, 4) is 11.1 Å². The molecule has 2 aliphatic rings. The van der Waals surface area contributed by atoms with Crippen LogP contribution in [0.2, 0.25) is 0 Å². The van der Waals surface area contributed by atoms with E-state index >= 15 is 0 Å². The first-order valence-corrected chi connectivity index (χ1v) is 17.8. The van der Waals surface area contributed by atoms with Gasteiger partial charge in [0.1, 0.15) is 11.4 Å². The van der Waals surface area contributed by atoms with E-state index in [0.717, 1.165) is 32.6 Å². The lowest BCUT2D eigenvalue weighted by Gasteiger charge is -2.31. The van der Waals surface area contributed by atoms with Crippen LogP contribution >= 0.6 is 11.3 Å². The number of benzene rings is 2. The fourth-order valence-electron chi connectivity index (χ4n) is 6.83. The van der Waals surface area contributed by atoms with Crippen molar-refractivity contribution >= 4 is 44.4 Å². The van der Waals surface area contributed by atoms with Gasteiger partial charge in [-0.3, -0.25) is 14.8 Å². The second-order valence-electron chi connectivity index (χ2n) is 14.2. The lowest BCUT2D eigenvalue weighted by atomic mass is 9.87. The van der Waals surface area contributed by atoms with Crippen molar-refractivity contribution in [2.75, 3.05) is 16.8 Å². The van der Waals surface area contributed by atoms with Crippen LogP contribution in [0.4, 0.5) is 19.7 Å². The average molecular weight is 699 g/mol. The summed E-state index contributed by atoms with van der Waals surface area (Å²) in [7, 11) is 0. The molecule has 1 amide bonds. The molecule has 5 aromatic rings. The van der Waals surface area contributed by atoms with Gasteiger partial charge in [-0.15, -0.1) is 0 Å². The Morgan fingerprint density at radius 1 is 1.02 bits per heavy atom. The zero-order valence-electron chi connectivity index (χ0n) is 28.6. The summed E-state index contributed by atoms with van der Waals surface area (Å²) in [5.41, 5.74) is 4.99. The van der Waals surface area contributed by atoms with Gasteiger partial charge in [0, 0.05) is 54.9 Å². The van der Waals surface area contributed by atoms with Crippen LogP contribution in [0.25, 0.3) is 21.3 Å². The molecule has 50 heavy (non-hydrogen) atoms. The third-order valence-electron chi connectivity index (χ3n) is 9.49. The number of nitrogens with one attached hydrogen (secondary N) is 1. The van der Waals surface area contributed by atoms with E-state index in [4.69, 9.17) is 9.72 Å². The number of anilines is 2. The van der Waals surface area contributed by atoms with Gasteiger partial charge in [-0.25, -0.2) is 23.5 Å². The summed E-state index contributed by atoms with van der Waals surface area (Å²) in [5.74, 6) is -2.66. The van der Waals surface area contributed by atoms with Crippen molar-refractivity contribution in [3.05, 3.63) is 88.9 Å². The van der Waals surface area contributed by atoms with Crippen LogP contribution in [0.5, 0.6) is 0 Å². The van der Waals surface area contributed by atoms with Gasteiger partial charge >= 0.3 is 5.97 Å². The molecule has 2 aromatic carbocycles. The third kappa shape index (κ3) is 7.12. The van der Waals surface area contributed by atoms with Crippen LogP contribution in [0, 0.1) is 12.8 Å². The quantitative estimate of drug-likeness (QED) is 0.170. The Morgan fingerprint density at radius 3 is 2.56 bits per heavy atom. The highest BCUT2D eigenvalue weighted by atomic mass is 32.1. The van der Waals surface area contributed by atoms with Crippen LogP contribution in [-0.4, -0.2) is 49.7 Å². The zero-order chi connectivity index (χ0) is 35.2. The number of carbonyl (C=O) groups is 2. The molecular formula is C38H40F2N6O3S. The Balaban J connectivity index is 1.16. The minimum Gasteiger partial charge on any atom is -0.455 e. The van der Waals surface area contributed by atoms with Crippen molar-refractivity contribution in [1.29, 1.82) is 0 Å². The predicted octanol–water partition coefficient (Wildman–Crippen LogP) is 8.46. The molecule has 260 valence electrons. The molecule has 0 spiro atoms. The largest absolute Gasteiger partial charge is 0.455 e. The topological polar surface area (TPSA) is 102 Å². The highest BCUT2D eigenvalue weighted by molar-refractivity contribution is 7.22. The number of nitrogens with zero attached hydrogens (tertiary/aromatic N) is 5. The molecule has 4 heterocycles. The van der Waals surface area contributed by atoms with Gasteiger partial charge in [0.05, 0.1) is 16.4 Å². The number of esters is 1. The predicted molar refractivity (Wildman–Crippen MR) is 191 cm³/mol. The van der Waals surface area contributed by atoms with E-state index in [1.807, 2.05) is 87.0 Å². The second-order valence-corrected chi connectivity index (χ2v) is 15.3. The average Bonchev–Trinajstić information content (AvgIpc) is 3.66. The van der Waals surface area contributed by atoms with E-state index in [2.05, 4.69) is 20.3 Å². The fraction of sp³-hybridized carbons (Fsp3) is 0.395. The van der Waals surface area contributed by atoms with Crippen molar-refractivity contribution in [2.45, 2.75) is 84.4 Å². The molecule has 12 heteroatoms. The van der Waals surface area contributed by atoms with Gasteiger partial charge in [0.15, 0.2) is 10.8 Å². The molecule has 0 radical (unpaired) electrons. The summed E-state index contributed by atoms with van der Waals surface area (Å²) in [5, 5.41) is 8.13. The molecule has 1 N–H and O–H groups in total. The molecule has 0 saturated heterocycles. The minimum absolute atomic E-state index is 0.102. The number of ether oxygens (including phenoxy) is 1. The molecule has 0 bridgehead atoms. The summed E-state index contributed by atoms with van der Waals surface area (Å²) in [6.07, 6.45) is 3.11. The number of amides is 1. The maximum absolute atomic E-state index is 13.8. The van der Waals surface area contributed by atoms with E-state index in [-0.39, 0.29) is 30.4 Å². The van der Waals surface area contributed by atoms with Crippen LogP contribution in [0.3, 0.4) is 0 Å². The van der Waals surface area contributed by atoms with Gasteiger partial charge in [0.25, 0.3) is 5.91 Å². The van der Waals surface area contributed by atoms with Gasteiger partial charge in [-0.05, 0) is 94.3 Å². The summed E-state index contributed by atoms with van der Waals surface area (Å²) < 4.78 is 36.2. The molecule has 7 rings (SSSR count). The smallest absolute Gasteiger partial charge is 0.358 e. The number of hydrogen-bond donors (Lipinski definition) is 1. The Labute approximate surface area is 293 Å². The molecule has 9 nitrogen and oxygen atoms in total. The number of carbonyl (C=O) groups excluding carboxylic acids is 2. The monoisotopic (exact) mass is 698 g/mol. The highest BCUT2D eigenvalue weighted by Crippen LogP contribution is 2.38. The number of halogens is 2. The van der Waals surface area contributed by atoms with E-state index in [0.29, 0.717) is 61.0 Å². The Bertz CT molecular complexity index is 2040. The van der Waals surface area contributed by atoms with Crippen molar-refractivity contribution in [3.63, 3.8) is 0 Å². The first kappa shape index (κ1) is 33.8. The lowest BCUT2D eigenvalue weighted by molar-refractivity contribution is -0.0477. The molecule has 1 saturated carbocycles. The van der Waals surface area contributed by atoms with Gasteiger partial charge < -0.3 is 9.64 Å². The Morgan fingerprint density at radius 2 is 1.80 bits per heavy atom. The van der Waals surface area contributed by atoms with Crippen LogP contribution < -0.4 is 10.2 Å². The molecule has 0 unspecified atom stereocenters. The fourth-order valence-corrected chi connectivity index (χ4v) is 7.69. The number of para-hydroxylation sites is 1. The lowest BCUT2D eigenvalue weighted by Crippen LogP contribution is -2.33. The molecule has 1 aliphatic carbocycles. The summed E-state index contributed by atoms with van der Waals surface area (Å²) in [6.45, 7) is 8.98. The first-order valence-electron chi connectivity index (χ1n) is 17.0. The first-order chi connectivity index (χ1) is 23.8. The van der Waals surface area contributed by atoms with Gasteiger partial charge in [0.2, 0.25) is 5.92 Å².